The van der Waals surface area contributed by atoms with Gasteiger partial charge in [0, 0.05) is 25.2 Å². The van der Waals surface area contributed by atoms with Gasteiger partial charge in [0.05, 0.1) is 4.90 Å². The van der Waals surface area contributed by atoms with Gasteiger partial charge in [0.2, 0.25) is 10.0 Å². The summed E-state index contributed by atoms with van der Waals surface area (Å²) in [4.78, 5) is 4.49. The summed E-state index contributed by atoms with van der Waals surface area (Å²) in [6.45, 7) is 4.85. The summed E-state index contributed by atoms with van der Waals surface area (Å²) in [5, 5.41) is 3.26. The Kier molecular flexibility index (Phi) is 5.58. The summed E-state index contributed by atoms with van der Waals surface area (Å²) in [5.74, 6) is 0.400. The average Bonchev–Trinajstić information content (AvgIpc) is 2.61. The molecule has 2 heterocycles. The van der Waals surface area contributed by atoms with Crippen LogP contribution in [-0.2, 0) is 22.9 Å². The molecule has 140 valence electrons. The lowest BCUT2D eigenvalue weighted by molar-refractivity contribution is 0.572. The zero-order chi connectivity index (χ0) is 18.7. The summed E-state index contributed by atoms with van der Waals surface area (Å²) >= 11 is 0. The Bertz CT molecular complexity index is 898. The standard InChI is InChI=1S/C19H24FN3O2S/c1-13(2)17-8-7-16(12-18(17)20)26(24,25)22-11-9-15-6-5-14-4-3-10-21-19(14)23-15/h5-8,12-13,22H,3-4,9-11H2,1-2H3,(H,21,23). The Morgan fingerprint density at radius 2 is 2.08 bits per heavy atom. The molecule has 7 heteroatoms. The number of hydrogen-bond acceptors (Lipinski definition) is 4. The van der Waals surface area contributed by atoms with Crippen molar-refractivity contribution in [2.75, 3.05) is 18.4 Å². The molecule has 5 nitrogen and oxygen atoms in total. The van der Waals surface area contributed by atoms with Crippen molar-refractivity contribution in [2.45, 2.75) is 43.9 Å². The van der Waals surface area contributed by atoms with E-state index in [1.54, 1.807) is 0 Å². The fourth-order valence-electron chi connectivity index (χ4n) is 3.05. The van der Waals surface area contributed by atoms with E-state index in [-0.39, 0.29) is 17.4 Å². The van der Waals surface area contributed by atoms with E-state index in [4.69, 9.17) is 0 Å². The highest BCUT2D eigenvalue weighted by molar-refractivity contribution is 7.89. The molecule has 1 aliphatic heterocycles. The van der Waals surface area contributed by atoms with Gasteiger partial charge >= 0.3 is 0 Å². The number of rotatable bonds is 6. The maximum atomic E-state index is 14.1. The van der Waals surface area contributed by atoms with Gasteiger partial charge in [-0.25, -0.2) is 22.5 Å². The number of anilines is 1. The van der Waals surface area contributed by atoms with Crippen LogP contribution >= 0.6 is 0 Å². The van der Waals surface area contributed by atoms with E-state index in [0.717, 1.165) is 37.0 Å². The number of pyridine rings is 1. The molecule has 0 unspecified atom stereocenters. The van der Waals surface area contributed by atoms with Crippen LogP contribution in [0.25, 0.3) is 0 Å². The molecular weight excluding hydrogens is 353 g/mol. The van der Waals surface area contributed by atoms with Gasteiger partial charge in [-0.1, -0.05) is 26.0 Å². The minimum absolute atomic E-state index is 0.00315. The number of aromatic nitrogens is 1. The van der Waals surface area contributed by atoms with Crippen LogP contribution in [0, 0.1) is 5.82 Å². The normalized spacial score (nSPS) is 14.2. The molecular formula is C19H24FN3O2S. The molecule has 0 aliphatic carbocycles. The number of aryl methyl sites for hydroxylation is 1. The van der Waals surface area contributed by atoms with E-state index in [2.05, 4.69) is 15.0 Å². The Morgan fingerprint density at radius 3 is 2.81 bits per heavy atom. The van der Waals surface area contributed by atoms with Crippen LogP contribution in [0.5, 0.6) is 0 Å². The number of hydrogen-bond donors (Lipinski definition) is 2. The zero-order valence-electron chi connectivity index (χ0n) is 15.0. The van der Waals surface area contributed by atoms with Gasteiger partial charge in [-0.2, -0.15) is 0 Å². The lowest BCUT2D eigenvalue weighted by atomic mass is 10.0. The van der Waals surface area contributed by atoms with E-state index in [9.17, 15) is 12.8 Å². The van der Waals surface area contributed by atoms with Crippen LogP contribution in [-0.4, -0.2) is 26.5 Å². The van der Waals surface area contributed by atoms with Crippen LogP contribution in [0.3, 0.4) is 0 Å². The molecule has 2 aromatic rings. The summed E-state index contributed by atoms with van der Waals surface area (Å²) in [7, 11) is -3.75. The maximum Gasteiger partial charge on any atom is 0.240 e. The summed E-state index contributed by atoms with van der Waals surface area (Å²) in [6.07, 6.45) is 2.58. The number of sulfonamides is 1. The topological polar surface area (TPSA) is 71.1 Å². The summed E-state index contributed by atoms with van der Waals surface area (Å²) < 4.78 is 41.4. The van der Waals surface area contributed by atoms with Crippen LogP contribution in [0.1, 0.15) is 43.0 Å². The molecule has 1 aromatic carbocycles. The average molecular weight is 377 g/mol. The van der Waals surface area contributed by atoms with Crippen molar-refractivity contribution < 1.29 is 12.8 Å². The summed E-state index contributed by atoms with van der Waals surface area (Å²) in [5.41, 5.74) is 2.53. The third-order valence-corrected chi connectivity index (χ3v) is 5.99. The highest BCUT2D eigenvalue weighted by Gasteiger charge is 2.17. The first-order chi connectivity index (χ1) is 12.4. The van der Waals surface area contributed by atoms with Crippen molar-refractivity contribution in [3.63, 3.8) is 0 Å². The third-order valence-electron chi connectivity index (χ3n) is 4.53. The largest absolute Gasteiger partial charge is 0.370 e. The zero-order valence-corrected chi connectivity index (χ0v) is 15.9. The molecule has 3 rings (SSSR count). The van der Waals surface area contributed by atoms with Crippen LogP contribution in [0.4, 0.5) is 10.2 Å². The third kappa shape index (κ3) is 4.22. The molecule has 26 heavy (non-hydrogen) atoms. The smallest absolute Gasteiger partial charge is 0.240 e. The highest BCUT2D eigenvalue weighted by atomic mass is 32.2. The van der Waals surface area contributed by atoms with Gasteiger partial charge in [-0.15, -0.1) is 0 Å². The molecule has 0 atom stereocenters. The van der Waals surface area contributed by atoms with Gasteiger partial charge in [-0.05, 0) is 48.1 Å². The van der Waals surface area contributed by atoms with Crippen molar-refractivity contribution in [3.8, 4) is 0 Å². The highest BCUT2D eigenvalue weighted by Crippen LogP contribution is 2.22. The second-order valence-corrected chi connectivity index (χ2v) is 8.59. The Hall–Kier alpha value is -1.99. The monoisotopic (exact) mass is 377 g/mol. The van der Waals surface area contributed by atoms with Gasteiger partial charge in [0.25, 0.3) is 0 Å². The lowest BCUT2D eigenvalue weighted by Gasteiger charge is -2.17. The fraction of sp³-hybridized carbons (Fsp3) is 0.421. The Balaban J connectivity index is 1.64. The van der Waals surface area contributed by atoms with Crippen LogP contribution in [0.15, 0.2) is 35.2 Å². The molecule has 0 amide bonds. The summed E-state index contributed by atoms with van der Waals surface area (Å²) in [6, 6.07) is 8.03. The van der Waals surface area contributed by atoms with Crippen LogP contribution < -0.4 is 10.0 Å². The Labute approximate surface area is 154 Å². The maximum absolute atomic E-state index is 14.1. The van der Waals surface area contributed by atoms with Crippen molar-refractivity contribution in [1.82, 2.24) is 9.71 Å². The van der Waals surface area contributed by atoms with Crippen molar-refractivity contribution in [1.29, 1.82) is 0 Å². The molecule has 0 fully saturated rings. The molecule has 0 bridgehead atoms. The second kappa shape index (κ2) is 7.72. The number of nitrogens with zero attached hydrogens (tertiary/aromatic N) is 1. The number of halogens is 1. The molecule has 0 saturated heterocycles. The van der Waals surface area contributed by atoms with Crippen molar-refractivity contribution in [2.24, 2.45) is 0 Å². The van der Waals surface area contributed by atoms with Gasteiger partial charge in [-0.3, -0.25) is 0 Å². The van der Waals surface area contributed by atoms with Gasteiger partial charge in [0.15, 0.2) is 0 Å². The predicted octanol–water partition coefficient (Wildman–Crippen LogP) is 3.22. The van der Waals surface area contributed by atoms with E-state index in [1.807, 2.05) is 26.0 Å². The van der Waals surface area contributed by atoms with Gasteiger partial charge < -0.3 is 5.32 Å². The fourth-order valence-corrected chi connectivity index (χ4v) is 4.09. The first-order valence-corrected chi connectivity index (χ1v) is 10.4. The van der Waals surface area contributed by atoms with Crippen molar-refractivity contribution in [3.05, 3.63) is 53.0 Å². The van der Waals surface area contributed by atoms with E-state index in [1.165, 1.54) is 17.7 Å². The van der Waals surface area contributed by atoms with Crippen molar-refractivity contribution >= 4 is 15.8 Å². The number of benzene rings is 1. The van der Waals surface area contributed by atoms with E-state index >= 15 is 0 Å². The molecule has 1 aromatic heterocycles. The number of fused-ring (bicyclic) bond motifs is 1. The van der Waals surface area contributed by atoms with Crippen LogP contribution in [0.2, 0.25) is 0 Å². The first-order valence-electron chi connectivity index (χ1n) is 8.88. The minimum atomic E-state index is -3.75. The van der Waals surface area contributed by atoms with E-state index < -0.39 is 15.8 Å². The lowest BCUT2D eigenvalue weighted by Crippen LogP contribution is -2.26. The quantitative estimate of drug-likeness (QED) is 0.811. The second-order valence-electron chi connectivity index (χ2n) is 6.83. The Morgan fingerprint density at radius 1 is 1.27 bits per heavy atom. The van der Waals surface area contributed by atoms with Gasteiger partial charge in [0.1, 0.15) is 11.6 Å². The SMILES string of the molecule is CC(C)c1ccc(S(=O)(=O)NCCc2ccc3c(n2)NCCC3)cc1F. The number of nitrogens with one attached hydrogen (secondary N) is 2. The van der Waals surface area contributed by atoms with E-state index in [0.29, 0.717) is 12.0 Å². The molecule has 2 N–H and O–H groups in total. The molecule has 0 radical (unpaired) electrons. The molecule has 0 saturated carbocycles. The molecule has 0 spiro atoms. The molecule has 1 aliphatic rings. The predicted molar refractivity (Wildman–Crippen MR) is 100 cm³/mol. The minimum Gasteiger partial charge on any atom is -0.370 e. The first kappa shape index (κ1) is 18.8.